The molecule has 0 aliphatic rings. The maximum atomic E-state index is 12.2. The average molecular weight is 864 g/mol. The summed E-state index contributed by atoms with van der Waals surface area (Å²) in [5.74, 6) is 1.74. The zero-order valence-corrected chi connectivity index (χ0v) is 35.8. The first-order valence-electron chi connectivity index (χ1n) is 20.1. The number of fused-ring (bicyclic) bond motifs is 2. The number of ether oxygens (including phenoxy) is 1. The Hall–Kier alpha value is -8.43. The number of anilines is 5. The lowest BCUT2D eigenvalue weighted by atomic mass is 10.1. The second-order valence-corrected chi connectivity index (χ2v) is 16.6. The highest BCUT2D eigenvalue weighted by Crippen LogP contribution is 2.33. The predicted molar refractivity (Wildman–Crippen MR) is 253 cm³/mol. The highest BCUT2D eigenvalue weighted by atomic mass is 32.2. The Morgan fingerprint density at radius 3 is 1.50 bits per heavy atom. The molecule has 14 nitrogen and oxygen atoms in total. The summed E-state index contributed by atoms with van der Waals surface area (Å²) in [5.41, 5.74) is 11.8. The molecule has 10 rings (SSSR count). The number of hydrogen-bond acceptors (Lipinski definition) is 11. The molecule has 0 aliphatic carbocycles. The third-order valence-electron chi connectivity index (χ3n) is 10.5. The third kappa shape index (κ3) is 8.82. The Balaban J connectivity index is 0.000000163. The summed E-state index contributed by atoms with van der Waals surface area (Å²) in [6.07, 6.45) is 11.9. The highest BCUT2D eigenvalue weighted by molar-refractivity contribution is 7.92. The second-order valence-electron chi connectivity index (χ2n) is 14.6. The van der Waals surface area contributed by atoms with Crippen LogP contribution in [0.2, 0.25) is 0 Å². The molecule has 6 aromatic heterocycles. The molecule has 0 amide bonds. The fourth-order valence-corrected chi connectivity index (χ4v) is 7.66. The number of nitrogens with zero attached hydrogens (tertiary/aromatic N) is 9. The number of sulfonamides is 1. The van der Waals surface area contributed by atoms with Crippen LogP contribution in [-0.4, -0.2) is 68.0 Å². The standard InChI is InChI=1S/C25H22N6O2S.C24H19N5O/c1-30(34(2,32)33)23-8-4-3-7-22(23)24-14-13-21-17-27-25(29-31(21)24)28-20-11-9-18(10-12-20)19-6-5-15-26-16-19;1-30-23-7-3-2-6-21(23)22-13-12-20-16-26-24(28-29(20)22)27-19-10-8-17(9-11-19)18-5-4-14-25-15-18/h3-17H,1-2H3,(H,28,29);2-16H,1H3,(H,27,28). The Morgan fingerprint density at radius 2 is 1.02 bits per heavy atom. The van der Waals surface area contributed by atoms with Crippen LogP contribution in [0.15, 0.2) is 183 Å². The molecule has 4 aromatic carbocycles. The molecule has 0 saturated carbocycles. The zero-order chi connectivity index (χ0) is 44.0. The molecule has 6 heterocycles. The van der Waals surface area contributed by atoms with Crippen LogP contribution < -0.4 is 19.7 Å². The predicted octanol–water partition coefficient (Wildman–Crippen LogP) is 9.81. The Bertz CT molecular complexity index is 3310. The smallest absolute Gasteiger partial charge is 0.245 e. The molecule has 0 radical (unpaired) electrons. The van der Waals surface area contributed by atoms with Crippen LogP contribution in [0.3, 0.4) is 0 Å². The lowest BCUT2D eigenvalue weighted by Crippen LogP contribution is -2.25. The van der Waals surface area contributed by atoms with Crippen LogP contribution in [0.5, 0.6) is 5.75 Å². The van der Waals surface area contributed by atoms with Gasteiger partial charge in [0.15, 0.2) is 0 Å². The van der Waals surface area contributed by atoms with Crippen molar-refractivity contribution in [3.63, 3.8) is 0 Å². The van der Waals surface area contributed by atoms with Gasteiger partial charge in [-0.15, -0.1) is 10.2 Å². The van der Waals surface area contributed by atoms with Gasteiger partial charge in [0.05, 0.1) is 53.9 Å². The van der Waals surface area contributed by atoms with E-state index < -0.39 is 10.0 Å². The van der Waals surface area contributed by atoms with Crippen LogP contribution in [-0.2, 0) is 10.0 Å². The summed E-state index contributed by atoms with van der Waals surface area (Å²) in [5, 5.41) is 15.9. The normalized spacial score (nSPS) is 11.2. The second kappa shape index (κ2) is 17.9. The van der Waals surface area contributed by atoms with Crippen molar-refractivity contribution in [1.29, 1.82) is 0 Å². The fourth-order valence-electron chi connectivity index (χ4n) is 7.14. The molecule has 316 valence electrons. The minimum Gasteiger partial charge on any atom is -0.496 e. The van der Waals surface area contributed by atoms with E-state index in [9.17, 15) is 8.42 Å². The molecule has 0 fully saturated rings. The Labute approximate surface area is 369 Å². The Kier molecular flexibility index (Phi) is 11.4. The van der Waals surface area contributed by atoms with Gasteiger partial charge in [-0.05, 0) is 101 Å². The lowest BCUT2D eigenvalue weighted by Gasteiger charge is -2.20. The van der Waals surface area contributed by atoms with E-state index in [0.29, 0.717) is 17.6 Å². The molecule has 2 N–H and O–H groups in total. The van der Waals surface area contributed by atoms with Crippen LogP contribution in [0.1, 0.15) is 0 Å². The van der Waals surface area contributed by atoms with Gasteiger partial charge in [0.25, 0.3) is 0 Å². The first-order chi connectivity index (χ1) is 31.2. The first kappa shape index (κ1) is 40.9. The monoisotopic (exact) mass is 863 g/mol. The van der Waals surface area contributed by atoms with Gasteiger partial charge in [-0.3, -0.25) is 14.3 Å². The lowest BCUT2D eigenvalue weighted by molar-refractivity contribution is 0.416. The summed E-state index contributed by atoms with van der Waals surface area (Å²) in [6, 6.07) is 47.0. The van der Waals surface area contributed by atoms with Crippen molar-refractivity contribution in [3.8, 4) is 50.5 Å². The van der Waals surface area contributed by atoms with Crippen molar-refractivity contribution in [2.24, 2.45) is 0 Å². The van der Waals surface area contributed by atoms with E-state index in [1.54, 1.807) is 49.5 Å². The minimum atomic E-state index is -3.42. The van der Waals surface area contributed by atoms with E-state index >= 15 is 0 Å². The van der Waals surface area contributed by atoms with Crippen molar-refractivity contribution in [3.05, 3.63) is 183 Å². The van der Waals surface area contributed by atoms with Gasteiger partial charge in [0.2, 0.25) is 21.9 Å². The number of benzene rings is 4. The number of pyridine rings is 2. The number of aromatic nitrogens is 8. The number of para-hydroxylation sites is 2. The molecule has 0 spiro atoms. The molecule has 64 heavy (non-hydrogen) atoms. The van der Waals surface area contributed by atoms with Gasteiger partial charge in [-0.2, -0.15) is 0 Å². The maximum Gasteiger partial charge on any atom is 0.245 e. The van der Waals surface area contributed by atoms with Gasteiger partial charge in [0, 0.05) is 54.3 Å². The van der Waals surface area contributed by atoms with Gasteiger partial charge in [0.1, 0.15) is 5.75 Å². The third-order valence-corrected chi connectivity index (χ3v) is 11.7. The molecule has 0 aliphatic heterocycles. The van der Waals surface area contributed by atoms with E-state index in [0.717, 1.165) is 72.9 Å². The van der Waals surface area contributed by atoms with E-state index in [2.05, 4.69) is 35.7 Å². The molecular weight excluding hydrogens is 823 g/mol. The largest absolute Gasteiger partial charge is 0.496 e. The van der Waals surface area contributed by atoms with Gasteiger partial charge in [-0.25, -0.2) is 27.4 Å². The van der Waals surface area contributed by atoms with Crippen molar-refractivity contribution in [1.82, 2.24) is 39.2 Å². The average Bonchev–Trinajstić information content (AvgIpc) is 3.96. The van der Waals surface area contributed by atoms with Crippen LogP contribution >= 0.6 is 0 Å². The summed E-state index contributed by atoms with van der Waals surface area (Å²) in [6.45, 7) is 0. The number of methoxy groups -OCH3 is 1. The van der Waals surface area contributed by atoms with Crippen LogP contribution in [0.25, 0.3) is 55.8 Å². The molecule has 10 aromatic rings. The fraction of sp³-hybridized carbons (Fsp3) is 0.0612. The zero-order valence-electron chi connectivity index (χ0n) is 35.0. The van der Waals surface area contributed by atoms with E-state index in [-0.39, 0.29) is 0 Å². The minimum absolute atomic E-state index is 0.424. The summed E-state index contributed by atoms with van der Waals surface area (Å²) in [7, 11) is -0.205. The molecule has 0 unspecified atom stereocenters. The van der Waals surface area contributed by atoms with Crippen LogP contribution in [0.4, 0.5) is 29.0 Å². The number of nitrogens with one attached hydrogen (secondary N) is 2. The first-order valence-corrected chi connectivity index (χ1v) is 22.0. The summed E-state index contributed by atoms with van der Waals surface area (Å²) < 4.78 is 34.8. The molecule has 15 heteroatoms. The highest BCUT2D eigenvalue weighted by Gasteiger charge is 2.19. The van der Waals surface area contributed by atoms with Gasteiger partial charge in [-0.1, -0.05) is 66.7 Å². The number of hydrogen-bond donors (Lipinski definition) is 2. The van der Waals surface area contributed by atoms with E-state index in [1.807, 2.05) is 156 Å². The van der Waals surface area contributed by atoms with Gasteiger partial charge < -0.3 is 15.4 Å². The van der Waals surface area contributed by atoms with Crippen molar-refractivity contribution < 1.29 is 13.2 Å². The van der Waals surface area contributed by atoms with Crippen LogP contribution in [0, 0.1) is 0 Å². The van der Waals surface area contributed by atoms with Crippen molar-refractivity contribution in [2.75, 3.05) is 35.4 Å². The molecule has 0 atom stereocenters. The molecular formula is C49H41N11O3S. The van der Waals surface area contributed by atoms with E-state index in [4.69, 9.17) is 9.84 Å². The quantitative estimate of drug-likeness (QED) is 0.128. The van der Waals surface area contributed by atoms with Crippen molar-refractivity contribution >= 4 is 50.0 Å². The molecule has 0 saturated heterocycles. The van der Waals surface area contributed by atoms with E-state index in [1.165, 1.54) is 10.6 Å². The topological polar surface area (TPSA) is 157 Å². The Morgan fingerprint density at radius 1 is 0.531 bits per heavy atom. The maximum absolute atomic E-state index is 12.2. The summed E-state index contributed by atoms with van der Waals surface area (Å²) >= 11 is 0. The SMILES string of the molecule is CN(c1ccccc1-c1ccc2cnc(Nc3ccc(-c4cccnc4)cc3)nn12)S(C)(=O)=O.COc1ccccc1-c1ccc2cnc(Nc3ccc(-c4cccnc4)cc3)nn12. The molecule has 0 bridgehead atoms. The van der Waals surface area contributed by atoms with Crippen molar-refractivity contribution in [2.45, 2.75) is 0 Å². The van der Waals surface area contributed by atoms with Gasteiger partial charge >= 0.3 is 0 Å². The number of rotatable bonds is 11. The summed E-state index contributed by atoms with van der Waals surface area (Å²) in [4.78, 5) is 17.2.